The summed E-state index contributed by atoms with van der Waals surface area (Å²) in [4.78, 5) is 18.4. The van der Waals surface area contributed by atoms with E-state index in [1.54, 1.807) is 17.0 Å². The highest BCUT2D eigenvalue weighted by atomic mass is 35.5. The second-order valence-electron chi connectivity index (χ2n) is 6.69. The number of imidazole rings is 1. The highest BCUT2D eigenvalue weighted by Crippen LogP contribution is 2.35. The van der Waals surface area contributed by atoms with E-state index in [1.165, 1.54) is 10.6 Å². The van der Waals surface area contributed by atoms with E-state index in [9.17, 15) is 14.3 Å². The van der Waals surface area contributed by atoms with Gasteiger partial charge in [-0.3, -0.25) is 9.20 Å². The number of hydrogen-bond acceptors (Lipinski definition) is 4. The summed E-state index contributed by atoms with van der Waals surface area (Å²) in [6, 6.07) is 3.17. The number of aromatic nitrogens is 2. The van der Waals surface area contributed by atoms with Crippen LogP contribution in [0.25, 0.3) is 5.65 Å². The molecule has 4 rings (SSSR count). The molecule has 134 valence electrons. The Hall–Kier alpha value is -1.70. The minimum absolute atomic E-state index is 0.205. The summed E-state index contributed by atoms with van der Waals surface area (Å²) in [5.41, 5.74) is -0.437. The molecule has 1 amide bonds. The number of nitrogens with zero attached hydrogens (tertiary/aromatic N) is 3. The fourth-order valence-electron chi connectivity index (χ4n) is 3.75. The van der Waals surface area contributed by atoms with Gasteiger partial charge in [0.1, 0.15) is 5.65 Å². The maximum Gasteiger partial charge on any atom is 0.277 e. The predicted octanol–water partition coefficient (Wildman–Crippen LogP) is 2.27. The second kappa shape index (κ2) is 6.23. The molecule has 2 aliphatic rings. The molecular weight excluding hydrogens is 349 g/mol. The van der Waals surface area contributed by atoms with E-state index in [-0.39, 0.29) is 5.69 Å². The Bertz CT molecular complexity index is 817. The average molecular weight is 368 g/mol. The lowest BCUT2D eigenvalue weighted by Gasteiger charge is -2.46. The molecule has 1 N–H and O–H groups in total. The number of carbonyl (C=O) groups is 1. The Labute approximate surface area is 149 Å². The number of aliphatic hydroxyl groups excluding tert-OH is 1. The molecule has 4 heterocycles. The third-order valence-electron chi connectivity index (χ3n) is 5.24. The van der Waals surface area contributed by atoms with Crippen LogP contribution in [0.15, 0.2) is 18.3 Å². The van der Waals surface area contributed by atoms with Crippen molar-refractivity contribution in [3.05, 3.63) is 35.0 Å². The zero-order valence-electron chi connectivity index (χ0n) is 13.6. The van der Waals surface area contributed by atoms with E-state index in [0.717, 1.165) is 12.8 Å². The van der Waals surface area contributed by atoms with Crippen molar-refractivity contribution in [1.29, 1.82) is 0 Å². The number of likely N-dealkylation sites (tertiary alicyclic amines) is 1. The maximum atomic E-state index is 14.6. The van der Waals surface area contributed by atoms with Gasteiger partial charge in [0.2, 0.25) is 5.95 Å². The van der Waals surface area contributed by atoms with Crippen LogP contribution >= 0.6 is 11.6 Å². The molecule has 8 heteroatoms. The van der Waals surface area contributed by atoms with Crippen LogP contribution in [0.3, 0.4) is 0 Å². The first-order valence-corrected chi connectivity index (χ1v) is 8.82. The third-order valence-corrected chi connectivity index (χ3v) is 5.47. The number of rotatable bonds is 1. The monoisotopic (exact) mass is 367 g/mol. The van der Waals surface area contributed by atoms with Crippen molar-refractivity contribution < 1.29 is 19.0 Å². The van der Waals surface area contributed by atoms with Crippen molar-refractivity contribution in [2.75, 3.05) is 19.7 Å². The van der Waals surface area contributed by atoms with Gasteiger partial charge in [-0.15, -0.1) is 0 Å². The lowest BCUT2D eigenvalue weighted by molar-refractivity contribution is -0.174. The van der Waals surface area contributed by atoms with Crippen molar-refractivity contribution in [3.8, 4) is 0 Å². The van der Waals surface area contributed by atoms with Crippen molar-refractivity contribution >= 4 is 23.2 Å². The van der Waals surface area contributed by atoms with Gasteiger partial charge in [-0.05, 0) is 37.8 Å². The van der Waals surface area contributed by atoms with E-state index in [0.29, 0.717) is 43.2 Å². The van der Waals surface area contributed by atoms with Gasteiger partial charge in [0.25, 0.3) is 5.91 Å². The fourth-order valence-corrected chi connectivity index (χ4v) is 3.91. The molecule has 0 saturated carbocycles. The van der Waals surface area contributed by atoms with E-state index >= 15 is 0 Å². The molecule has 2 saturated heterocycles. The number of aliphatic hydroxyl groups is 1. The summed E-state index contributed by atoms with van der Waals surface area (Å²) < 4.78 is 21.6. The SMILES string of the molecule is O=C(c1nc2ccc(Cl)cn2c1F)N1CCC2(CC1)OCCC[C@H]2O. The number of hydrogen-bond donors (Lipinski definition) is 1. The molecule has 2 aromatic heterocycles. The fraction of sp³-hybridized carbons (Fsp3) is 0.529. The van der Waals surface area contributed by atoms with Crippen molar-refractivity contribution in [2.24, 2.45) is 0 Å². The second-order valence-corrected chi connectivity index (χ2v) is 7.13. The molecule has 25 heavy (non-hydrogen) atoms. The number of fused-ring (bicyclic) bond motifs is 1. The van der Waals surface area contributed by atoms with E-state index in [2.05, 4.69) is 4.98 Å². The zero-order valence-corrected chi connectivity index (χ0v) is 14.4. The average Bonchev–Trinajstić information content (AvgIpc) is 2.94. The van der Waals surface area contributed by atoms with Crippen LogP contribution in [-0.4, -0.2) is 56.7 Å². The van der Waals surface area contributed by atoms with Crippen LogP contribution in [0, 0.1) is 5.95 Å². The molecule has 6 nitrogen and oxygen atoms in total. The zero-order chi connectivity index (χ0) is 17.6. The van der Waals surface area contributed by atoms with Crippen molar-refractivity contribution in [3.63, 3.8) is 0 Å². The molecule has 0 radical (unpaired) electrons. The lowest BCUT2D eigenvalue weighted by Crippen LogP contribution is -2.56. The number of pyridine rings is 1. The van der Waals surface area contributed by atoms with Crippen LogP contribution in [0.1, 0.15) is 36.2 Å². The van der Waals surface area contributed by atoms with Gasteiger partial charge >= 0.3 is 0 Å². The molecule has 0 unspecified atom stereocenters. The molecule has 0 aliphatic carbocycles. The summed E-state index contributed by atoms with van der Waals surface area (Å²) in [7, 11) is 0. The van der Waals surface area contributed by atoms with Crippen LogP contribution in [0.4, 0.5) is 4.39 Å². The van der Waals surface area contributed by atoms with Gasteiger partial charge in [0, 0.05) is 25.9 Å². The highest BCUT2D eigenvalue weighted by molar-refractivity contribution is 6.30. The van der Waals surface area contributed by atoms with Crippen molar-refractivity contribution in [1.82, 2.24) is 14.3 Å². The number of halogens is 2. The summed E-state index contributed by atoms with van der Waals surface area (Å²) in [6.07, 6.45) is 3.54. The van der Waals surface area contributed by atoms with Gasteiger partial charge in [0.05, 0.1) is 16.7 Å². The Morgan fingerprint density at radius 1 is 1.40 bits per heavy atom. The van der Waals surface area contributed by atoms with E-state index < -0.39 is 23.6 Å². The largest absolute Gasteiger partial charge is 0.390 e. The minimum Gasteiger partial charge on any atom is -0.390 e. The summed E-state index contributed by atoms with van der Waals surface area (Å²) in [5.74, 6) is -1.16. The maximum absolute atomic E-state index is 14.6. The number of piperidine rings is 1. The normalized spacial score (nSPS) is 23.3. The van der Waals surface area contributed by atoms with Gasteiger partial charge < -0.3 is 14.7 Å². The molecular formula is C17H19ClFN3O3. The first-order valence-electron chi connectivity index (χ1n) is 8.45. The van der Waals surface area contributed by atoms with E-state index in [1.807, 2.05) is 0 Å². The summed E-state index contributed by atoms with van der Waals surface area (Å²) in [6.45, 7) is 1.45. The topological polar surface area (TPSA) is 67.1 Å². The first-order chi connectivity index (χ1) is 12.0. The van der Waals surface area contributed by atoms with Crippen LogP contribution in [0.5, 0.6) is 0 Å². The Kier molecular flexibility index (Phi) is 4.17. The number of carbonyl (C=O) groups excluding carboxylic acids is 1. The lowest BCUT2D eigenvalue weighted by atomic mass is 9.82. The molecule has 0 aromatic carbocycles. The molecule has 1 atom stereocenters. The van der Waals surface area contributed by atoms with Gasteiger partial charge in [-0.25, -0.2) is 4.98 Å². The Morgan fingerprint density at radius 2 is 2.16 bits per heavy atom. The van der Waals surface area contributed by atoms with Gasteiger partial charge in [-0.1, -0.05) is 11.6 Å². The van der Waals surface area contributed by atoms with Crippen LogP contribution in [-0.2, 0) is 4.74 Å². The Balaban J connectivity index is 1.54. The van der Waals surface area contributed by atoms with Crippen LogP contribution in [0.2, 0.25) is 5.02 Å². The standard InChI is InChI=1S/C17H19ClFN3O3/c18-11-3-4-13-20-14(15(19)22(13)10-11)16(24)21-7-5-17(6-8-21)12(23)2-1-9-25-17/h3-4,10,12,23H,1-2,5-9H2/t12-/m1/s1. The van der Waals surface area contributed by atoms with E-state index in [4.69, 9.17) is 16.3 Å². The molecule has 0 bridgehead atoms. The highest BCUT2D eigenvalue weighted by Gasteiger charge is 2.44. The minimum atomic E-state index is -0.711. The Morgan fingerprint density at radius 3 is 2.88 bits per heavy atom. The van der Waals surface area contributed by atoms with Gasteiger partial charge in [0.15, 0.2) is 5.69 Å². The van der Waals surface area contributed by atoms with Gasteiger partial charge in [-0.2, -0.15) is 4.39 Å². The molecule has 1 spiro atoms. The van der Waals surface area contributed by atoms with Crippen molar-refractivity contribution in [2.45, 2.75) is 37.4 Å². The quantitative estimate of drug-likeness (QED) is 0.839. The first kappa shape index (κ1) is 16.8. The molecule has 2 fully saturated rings. The van der Waals surface area contributed by atoms with Crippen LogP contribution < -0.4 is 0 Å². The summed E-state index contributed by atoms with van der Waals surface area (Å²) in [5, 5.41) is 10.6. The smallest absolute Gasteiger partial charge is 0.277 e. The number of amides is 1. The molecule has 2 aliphatic heterocycles. The molecule has 2 aromatic rings. The number of ether oxygens (including phenoxy) is 1. The predicted molar refractivity (Wildman–Crippen MR) is 89.2 cm³/mol. The third kappa shape index (κ3) is 2.80. The summed E-state index contributed by atoms with van der Waals surface area (Å²) >= 11 is 5.88.